The Morgan fingerprint density at radius 3 is 2.43 bits per heavy atom. The summed E-state index contributed by atoms with van der Waals surface area (Å²) in [6.45, 7) is 9.91. The van der Waals surface area contributed by atoms with E-state index >= 15 is 0 Å². The molecule has 0 bridgehead atoms. The van der Waals surface area contributed by atoms with Gasteiger partial charge in [0.05, 0.1) is 22.9 Å². The second kappa shape index (κ2) is 6.39. The topological polar surface area (TPSA) is 25.6 Å². The maximum absolute atomic E-state index is 6.34. The second-order valence-electron chi connectivity index (χ2n) is 6.46. The van der Waals surface area contributed by atoms with Crippen LogP contribution in [0.4, 0.5) is 5.69 Å². The van der Waals surface area contributed by atoms with Gasteiger partial charge in [0.1, 0.15) is 0 Å². The van der Waals surface area contributed by atoms with Gasteiger partial charge < -0.3 is 14.1 Å². The number of hydrogen-bond acceptors (Lipinski definition) is 3. The summed E-state index contributed by atoms with van der Waals surface area (Å²) in [5.74, 6) is 0.825. The lowest BCUT2D eigenvalue weighted by atomic mass is 10.1. The van der Waals surface area contributed by atoms with Crippen LogP contribution in [0.5, 0.6) is 0 Å². The molecule has 1 aromatic carbocycles. The van der Waals surface area contributed by atoms with Crippen molar-refractivity contribution < 1.29 is 9.15 Å². The number of allylic oxidation sites excluding steroid dienone is 1. The van der Waals surface area contributed by atoms with E-state index in [0.717, 1.165) is 29.9 Å². The number of halogens is 2. The second-order valence-corrected chi connectivity index (χ2v) is 7.31. The zero-order valence-corrected chi connectivity index (χ0v) is 15.3. The van der Waals surface area contributed by atoms with E-state index in [0.29, 0.717) is 15.6 Å². The van der Waals surface area contributed by atoms with Crippen LogP contribution in [0.3, 0.4) is 0 Å². The van der Waals surface area contributed by atoms with E-state index in [2.05, 4.69) is 32.6 Å². The smallest absolute Gasteiger partial charge is 0.155 e. The largest absolute Gasteiger partial charge is 0.453 e. The lowest BCUT2D eigenvalue weighted by molar-refractivity contribution is -0.00517. The van der Waals surface area contributed by atoms with Crippen molar-refractivity contribution >= 4 is 45.9 Å². The van der Waals surface area contributed by atoms with Gasteiger partial charge in [0.25, 0.3) is 0 Å². The van der Waals surface area contributed by atoms with Crippen LogP contribution >= 0.6 is 23.2 Å². The van der Waals surface area contributed by atoms with Gasteiger partial charge in [-0.05, 0) is 45.9 Å². The van der Waals surface area contributed by atoms with Gasteiger partial charge in [0.2, 0.25) is 0 Å². The first kappa shape index (κ1) is 16.7. The molecule has 124 valence electrons. The molecule has 1 fully saturated rings. The Labute approximate surface area is 146 Å². The molecule has 3 rings (SSSR count). The average Bonchev–Trinajstić information content (AvgIpc) is 2.75. The number of fused-ring (bicyclic) bond motifs is 1. The summed E-state index contributed by atoms with van der Waals surface area (Å²) in [5.41, 5.74) is 2.90. The molecule has 0 N–H and O–H groups in total. The monoisotopic (exact) mass is 353 g/mol. The van der Waals surface area contributed by atoms with Crippen LogP contribution in [0.25, 0.3) is 17.0 Å². The minimum atomic E-state index is 0.165. The van der Waals surface area contributed by atoms with Crippen LogP contribution in [0.2, 0.25) is 10.0 Å². The van der Waals surface area contributed by atoms with Crippen LogP contribution in [0, 0.1) is 0 Å². The first-order chi connectivity index (χ1) is 10.8. The zero-order valence-electron chi connectivity index (χ0n) is 13.8. The molecule has 23 heavy (non-hydrogen) atoms. The lowest BCUT2D eigenvalue weighted by Gasteiger charge is -2.36. The van der Waals surface area contributed by atoms with Gasteiger partial charge in [-0.15, -0.1) is 0 Å². The van der Waals surface area contributed by atoms with E-state index in [1.807, 2.05) is 12.1 Å². The summed E-state index contributed by atoms with van der Waals surface area (Å²) in [6.07, 6.45) is 2.38. The van der Waals surface area contributed by atoms with E-state index in [-0.39, 0.29) is 12.2 Å². The molecular weight excluding hydrogens is 333 g/mol. The molecule has 0 aliphatic carbocycles. The number of nitrogens with zero attached hydrogens (tertiary/aromatic N) is 1. The van der Waals surface area contributed by atoms with Crippen LogP contribution in [-0.2, 0) is 4.74 Å². The Kier molecular flexibility index (Phi) is 4.63. The van der Waals surface area contributed by atoms with Crippen molar-refractivity contribution in [2.45, 2.75) is 39.9 Å². The highest BCUT2D eigenvalue weighted by Crippen LogP contribution is 2.41. The SMILES string of the molecule is CC(C)=Cc1oc2c(Cl)cc(Cl)cc2c1N1C[C@@H](C)O[C@H](C)C1. The summed E-state index contributed by atoms with van der Waals surface area (Å²) >= 11 is 12.6. The zero-order chi connectivity index (χ0) is 16.7. The Hall–Kier alpha value is -1.16. The number of furan rings is 1. The number of anilines is 1. The number of ether oxygens (including phenoxy) is 1. The van der Waals surface area contributed by atoms with E-state index in [9.17, 15) is 0 Å². The standard InChI is InChI=1S/C18H21Cl2NO2/c1-10(2)5-16-17(21-8-11(3)22-12(4)9-21)14-6-13(19)7-15(20)18(14)23-16/h5-7,11-12H,8-9H2,1-4H3/t11-,12-/m1/s1. The minimum Gasteiger partial charge on any atom is -0.453 e. The Balaban J connectivity index is 2.21. The summed E-state index contributed by atoms with van der Waals surface area (Å²) < 4.78 is 11.9. The van der Waals surface area contributed by atoms with Crippen LogP contribution in [-0.4, -0.2) is 25.3 Å². The fourth-order valence-electron chi connectivity index (χ4n) is 3.18. The van der Waals surface area contributed by atoms with Gasteiger partial charge in [-0.3, -0.25) is 0 Å². The van der Waals surface area contributed by atoms with E-state index in [1.165, 1.54) is 5.57 Å². The minimum absolute atomic E-state index is 0.165. The number of hydrogen-bond donors (Lipinski definition) is 0. The van der Waals surface area contributed by atoms with Gasteiger partial charge in [-0.25, -0.2) is 0 Å². The predicted octanol–water partition coefficient (Wildman–Crippen LogP) is 5.78. The number of morpholine rings is 1. The summed E-state index contributed by atoms with van der Waals surface area (Å²) in [5, 5.41) is 2.11. The van der Waals surface area contributed by atoms with Gasteiger partial charge in [0.15, 0.2) is 11.3 Å². The first-order valence-corrected chi connectivity index (χ1v) is 8.57. The van der Waals surface area contributed by atoms with Gasteiger partial charge >= 0.3 is 0 Å². The highest BCUT2D eigenvalue weighted by Gasteiger charge is 2.28. The quantitative estimate of drug-likeness (QED) is 0.684. The van der Waals surface area contributed by atoms with E-state index < -0.39 is 0 Å². The van der Waals surface area contributed by atoms with Crippen molar-refractivity contribution in [1.82, 2.24) is 0 Å². The highest BCUT2D eigenvalue weighted by molar-refractivity contribution is 6.38. The Morgan fingerprint density at radius 1 is 1.17 bits per heavy atom. The fourth-order valence-corrected chi connectivity index (χ4v) is 3.71. The van der Waals surface area contributed by atoms with Crippen molar-refractivity contribution in [2.24, 2.45) is 0 Å². The predicted molar refractivity (Wildman–Crippen MR) is 97.8 cm³/mol. The maximum atomic E-state index is 6.34. The molecule has 2 aromatic rings. The lowest BCUT2D eigenvalue weighted by Crippen LogP contribution is -2.45. The van der Waals surface area contributed by atoms with Crippen molar-refractivity contribution in [2.75, 3.05) is 18.0 Å². The van der Waals surface area contributed by atoms with Gasteiger partial charge in [-0.2, -0.15) is 0 Å². The molecule has 0 radical (unpaired) electrons. The fraction of sp³-hybridized carbons (Fsp3) is 0.444. The van der Waals surface area contributed by atoms with Crippen molar-refractivity contribution in [3.63, 3.8) is 0 Å². The molecule has 1 saturated heterocycles. The summed E-state index contributed by atoms with van der Waals surface area (Å²) in [4.78, 5) is 2.31. The highest BCUT2D eigenvalue weighted by atomic mass is 35.5. The maximum Gasteiger partial charge on any atom is 0.155 e. The first-order valence-electron chi connectivity index (χ1n) is 7.82. The summed E-state index contributed by atoms with van der Waals surface area (Å²) in [7, 11) is 0. The molecule has 1 aliphatic heterocycles. The summed E-state index contributed by atoms with van der Waals surface area (Å²) in [6, 6.07) is 3.64. The van der Waals surface area contributed by atoms with Crippen LogP contribution in [0.15, 0.2) is 22.1 Å². The molecule has 0 unspecified atom stereocenters. The van der Waals surface area contributed by atoms with Gasteiger partial charge in [0, 0.05) is 23.5 Å². The molecule has 0 spiro atoms. The molecule has 5 heteroatoms. The van der Waals surface area contributed by atoms with Gasteiger partial charge in [-0.1, -0.05) is 28.8 Å². The van der Waals surface area contributed by atoms with Crippen LogP contribution in [0.1, 0.15) is 33.5 Å². The molecule has 2 heterocycles. The molecule has 1 aromatic heterocycles. The molecule has 1 aliphatic rings. The molecule has 0 saturated carbocycles. The number of benzene rings is 1. The normalized spacial score (nSPS) is 21.7. The third-order valence-corrected chi connectivity index (χ3v) is 4.36. The van der Waals surface area contributed by atoms with Crippen molar-refractivity contribution in [1.29, 1.82) is 0 Å². The molecule has 3 nitrogen and oxygen atoms in total. The van der Waals surface area contributed by atoms with Crippen molar-refractivity contribution in [3.05, 3.63) is 33.5 Å². The molecule has 0 amide bonds. The van der Waals surface area contributed by atoms with E-state index in [1.54, 1.807) is 6.07 Å². The molecular formula is C18H21Cl2NO2. The molecule has 2 atom stereocenters. The average molecular weight is 354 g/mol. The number of rotatable bonds is 2. The third kappa shape index (κ3) is 3.37. The Bertz CT molecular complexity index is 752. The van der Waals surface area contributed by atoms with Crippen LogP contribution < -0.4 is 4.90 Å². The Morgan fingerprint density at radius 2 is 1.83 bits per heavy atom. The third-order valence-electron chi connectivity index (χ3n) is 3.86. The van der Waals surface area contributed by atoms with Crippen molar-refractivity contribution in [3.8, 4) is 0 Å². The van der Waals surface area contributed by atoms with E-state index in [4.69, 9.17) is 32.4 Å².